The second-order valence-corrected chi connectivity index (χ2v) is 5.31. The second-order valence-electron chi connectivity index (χ2n) is 4.90. The quantitative estimate of drug-likeness (QED) is 0.674. The zero-order valence-electron chi connectivity index (χ0n) is 11.7. The van der Waals surface area contributed by atoms with E-state index in [0.717, 1.165) is 16.7 Å². The Morgan fingerprint density at radius 1 is 1.23 bits per heavy atom. The molecule has 5 nitrogen and oxygen atoms in total. The van der Waals surface area contributed by atoms with Crippen molar-refractivity contribution in [2.45, 2.75) is 6.10 Å². The van der Waals surface area contributed by atoms with Gasteiger partial charge in [0.15, 0.2) is 5.58 Å². The van der Waals surface area contributed by atoms with Crippen molar-refractivity contribution in [3.63, 3.8) is 0 Å². The Morgan fingerprint density at radius 3 is 2.82 bits per heavy atom. The number of para-hydroxylation sites is 2. The Kier molecular flexibility index (Phi) is 4.29. The van der Waals surface area contributed by atoms with Gasteiger partial charge in [0.05, 0.1) is 23.4 Å². The lowest BCUT2D eigenvalue weighted by atomic mass is 10.2. The Balaban J connectivity index is 1.90. The number of nitrogens with one attached hydrogen (secondary N) is 1. The monoisotopic (exact) mass is 318 g/mol. The average molecular weight is 319 g/mol. The molecule has 2 aromatic carbocycles. The Hall–Kier alpha value is -2.08. The fraction of sp³-hybridized carbons (Fsp3) is 0.188. The minimum absolute atomic E-state index is 0.202. The molecule has 1 unspecified atom stereocenters. The van der Waals surface area contributed by atoms with Crippen LogP contribution in [-0.2, 0) is 0 Å². The summed E-state index contributed by atoms with van der Waals surface area (Å²) >= 11 is 6.13. The van der Waals surface area contributed by atoms with Crippen LogP contribution >= 0.6 is 11.6 Å². The molecule has 0 aliphatic rings. The van der Waals surface area contributed by atoms with Gasteiger partial charge in [-0.2, -0.15) is 0 Å². The fourth-order valence-corrected chi connectivity index (χ4v) is 2.27. The van der Waals surface area contributed by atoms with Gasteiger partial charge in [-0.3, -0.25) is 0 Å². The van der Waals surface area contributed by atoms with E-state index in [1.54, 1.807) is 12.1 Å². The van der Waals surface area contributed by atoms with E-state index in [4.69, 9.17) is 21.1 Å². The van der Waals surface area contributed by atoms with Crippen LogP contribution in [0, 0.1) is 0 Å². The number of rotatable bonds is 5. The van der Waals surface area contributed by atoms with E-state index in [1.165, 1.54) is 0 Å². The Labute approximate surface area is 132 Å². The minimum Gasteiger partial charge on any atom is -0.436 e. The normalized spacial score (nSPS) is 12.5. The number of aliphatic hydroxyl groups is 2. The molecule has 114 valence electrons. The number of nitrogens with zero attached hydrogens (tertiary/aromatic N) is 1. The van der Waals surface area contributed by atoms with Crippen LogP contribution in [0.1, 0.15) is 0 Å². The van der Waals surface area contributed by atoms with Crippen molar-refractivity contribution < 1.29 is 14.6 Å². The second kappa shape index (κ2) is 6.36. The van der Waals surface area contributed by atoms with Crippen molar-refractivity contribution >= 4 is 28.4 Å². The highest BCUT2D eigenvalue weighted by atomic mass is 35.5. The first-order chi connectivity index (χ1) is 10.7. The number of aromatic nitrogens is 1. The van der Waals surface area contributed by atoms with Crippen molar-refractivity contribution in [1.82, 2.24) is 4.98 Å². The summed E-state index contributed by atoms with van der Waals surface area (Å²) < 4.78 is 5.72. The molecule has 0 bridgehead atoms. The molecule has 3 N–H and O–H groups in total. The lowest BCUT2D eigenvalue weighted by Gasteiger charge is -2.12. The zero-order valence-corrected chi connectivity index (χ0v) is 12.4. The summed E-state index contributed by atoms with van der Waals surface area (Å²) in [5.74, 6) is 0.503. The Bertz CT molecular complexity index is 755. The summed E-state index contributed by atoms with van der Waals surface area (Å²) in [6.45, 7) is -0.108. The van der Waals surface area contributed by atoms with Crippen LogP contribution in [0.5, 0.6) is 0 Å². The molecule has 22 heavy (non-hydrogen) atoms. The van der Waals surface area contributed by atoms with Gasteiger partial charge in [0.25, 0.3) is 0 Å². The summed E-state index contributed by atoms with van der Waals surface area (Å²) in [5, 5.41) is 21.8. The number of fused-ring (bicyclic) bond motifs is 1. The summed E-state index contributed by atoms with van der Waals surface area (Å²) in [4.78, 5) is 4.44. The zero-order chi connectivity index (χ0) is 15.5. The highest BCUT2D eigenvalue weighted by molar-refractivity contribution is 6.33. The molecular weight excluding hydrogens is 304 g/mol. The Morgan fingerprint density at radius 2 is 2.05 bits per heavy atom. The molecule has 0 radical (unpaired) electrons. The standard InChI is InChI=1S/C16H15ClN2O3/c17-12-6-5-10(7-14(12)18-8-11(21)9-20)16-19-13-3-1-2-4-15(13)22-16/h1-7,11,18,20-21H,8-9H2. The lowest BCUT2D eigenvalue weighted by Crippen LogP contribution is -2.23. The van der Waals surface area contributed by atoms with Crippen LogP contribution in [0.3, 0.4) is 0 Å². The van der Waals surface area contributed by atoms with Crippen molar-refractivity contribution in [1.29, 1.82) is 0 Å². The minimum atomic E-state index is -0.843. The van der Waals surface area contributed by atoms with Gasteiger partial charge in [-0.1, -0.05) is 23.7 Å². The maximum atomic E-state index is 9.41. The third-order valence-electron chi connectivity index (χ3n) is 3.25. The molecule has 6 heteroatoms. The van der Waals surface area contributed by atoms with Gasteiger partial charge in [0.2, 0.25) is 5.89 Å². The smallest absolute Gasteiger partial charge is 0.227 e. The van der Waals surface area contributed by atoms with Gasteiger partial charge in [-0.25, -0.2) is 4.98 Å². The van der Waals surface area contributed by atoms with Crippen molar-refractivity contribution in [2.24, 2.45) is 0 Å². The van der Waals surface area contributed by atoms with Gasteiger partial charge in [0.1, 0.15) is 5.52 Å². The summed E-state index contributed by atoms with van der Waals surface area (Å²) in [6.07, 6.45) is -0.843. The molecule has 0 aliphatic heterocycles. The van der Waals surface area contributed by atoms with Crippen molar-refractivity contribution in [3.05, 3.63) is 47.5 Å². The number of aliphatic hydroxyl groups excluding tert-OH is 2. The van der Waals surface area contributed by atoms with Crippen LogP contribution in [0.25, 0.3) is 22.6 Å². The van der Waals surface area contributed by atoms with E-state index in [-0.39, 0.29) is 13.2 Å². The first kappa shape index (κ1) is 14.8. The van der Waals surface area contributed by atoms with Crippen LogP contribution in [0.4, 0.5) is 5.69 Å². The highest BCUT2D eigenvalue weighted by Gasteiger charge is 2.11. The van der Waals surface area contributed by atoms with E-state index < -0.39 is 6.10 Å². The molecule has 0 fully saturated rings. The first-order valence-corrected chi connectivity index (χ1v) is 7.23. The van der Waals surface area contributed by atoms with Crippen LogP contribution < -0.4 is 5.32 Å². The van der Waals surface area contributed by atoms with Crippen LogP contribution in [-0.4, -0.2) is 34.5 Å². The maximum absolute atomic E-state index is 9.41. The molecule has 1 aromatic heterocycles. The molecule has 1 atom stereocenters. The number of hydrogen-bond donors (Lipinski definition) is 3. The topological polar surface area (TPSA) is 78.5 Å². The van der Waals surface area contributed by atoms with Crippen LogP contribution in [0.15, 0.2) is 46.9 Å². The third-order valence-corrected chi connectivity index (χ3v) is 3.58. The van der Waals surface area contributed by atoms with Crippen LogP contribution in [0.2, 0.25) is 5.02 Å². The van der Waals surface area contributed by atoms with E-state index >= 15 is 0 Å². The molecule has 0 spiro atoms. The predicted molar refractivity (Wildman–Crippen MR) is 86.0 cm³/mol. The number of benzene rings is 2. The average Bonchev–Trinajstić information content (AvgIpc) is 2.97. The molecule has 3 aromatic rings. The maximum Gasteiger partial charge on any atom is 0.227 e. The molecular formula is C16H15ClN2O3. The number of hydrogen-bond acceptors (Lipinski definition) is 5. The highest BCUT2D eigenvalue weighted by Crippen LogP contribution is 2.30. The van der Waals surface area contributed by atoms with Gasteiger partial charge in [-0.05, 0) is 30.3 Å². The molecule has 1 heterocycles. The summed E-state index contributed by atoms with van der Waals surface area (Å²) in [7, 11) is 0. The van der Waals surface area contributed by atoms with Gasteiger partial charge >= 0.3 is 0 Å². The van der Waals surface area contributed by atoms with Crippen molar-refractivity contribution in [2.75, 3.05) is 18.5 Å². The molecule has 0 saturated heterocycles. The lowest BCUT2D eigenvalue weighted by molar-refractivity contribution is 0.105. The van der Waals surface area contributed by atoms with E-state index in [9.17, 15) is 5.11 Å². The SMILES string of the molecule is OCC(O)CNc1cc(-c2nc3ccccc3o2)ccc1Cl. The molecule has 0 aliphatic carbocycles. The third kappa shape index (κ3) is 3.06. The van der Waals surface area contributed by atoms with E-state index in [2.05, 4.69) is 10.3 Å². The molecule has 0 saturated carbocycles. The van der Waals surface area contributed by atoms with Crippen molar-refractivity contribution in [3.8, 4) is 11.5 Å². The summed E-state index contributed by atoms with van der Waals surface area (Å²) in [5.41, 5.74) is 2.94. The number of halogens is 1. The first-order valence-electron chi connectivity index (χ1n) is 6.85. The van der Waals surface area contributed by atoms with Gasteiger partial charge in [0, 0.05) is 12.1 Å². The van der Waals surface area contributed by atoms with Gasteiger partial charge < -0.3 is 19.9 Å². The molecule has 0 amide bonds. The number of anilines is 1. The van der Waals surface area contributed by atoms with E-state index in [0.29, 0.717) is 16.6 Å². The van der Waals surface area contributed by atoms with E-state index in [1.807, 2.05) is 30.3 Å². The fourth-order valence-electron chi connectivity index (χ4n) is 2.08. The largest absolute Gasteiger partial charge is 0.436 e. The summed E-state index contributed by atoms with van der Waals surface area (Å²) in [6, 6.07) is 12.9. The predicted octanol–water partition coefficient (Wildman–Crippen LogP) is 2.91. The van der Waals surface area contributed by atoms with Gasteiger partial charge in [-0.15, -0.1) is 0 Å². The molecule has 3 rings (SSSR count). The number of oxazole rings is 1.